The molecular formula is C31H29N5O6. The zero-order valence-electron chi connectivity index (χ0n) is 22.4. The van der Waals surface area contributed by atoms with Gasteiger partial charge in [0.05, 0.1) is 24.7 Å². The first kappa shape index (κ1) is 29.2. The summed E-state index contributed by atoms with van der Waals surface area (Å²) in [7, 11) is 0. The van der Waals surface area contributed by atoms with Gasteiger partial charge in [-0.15, -0.1) is 0 Å². The van der Waals surface area contributed by atoms with Crippen molar-refractivity contribution in [3.05, 3.63) is 114 Å². The van der Waals surface area contributed by atoms with Crippen LogP contribution in [0.4, 0.5) is 5.69 Å². The van der Waals surface area contributed by atoms with Gasteiger partial charge in [0.2, 0.25) is 5.91 Å². The predicted molar refractivity (Wildman–Crippen MR) is 157 cm³/mol. The quantitative estimate of drug-likeness (QED) is 0.125. The van der Waals surface area contributed by atoms with Gasteiger partial charge in [0, 0.05) is 11.6 Å². The van der Waals surface area contributed by atoms with Crippen LogP contribution in [0.25, 0.3) is 0 Å². The molecule has 0 saturated heterocycles. The summed E-state index contributed by atoms with van der Waals surface area (Å²) in [4.78, 5) is 41.2. The van der Waals surface area contributed by atoms with Gasteiger partial charge in [0.25, 0.3) is 5.91 Å². The molecule has 0 heterocycles. The number of nitrogens with two attached hydrogens (primary N) is 2. The Kier molecular flexibility index (Phi) is 9.71. The summed E-state index contributed by atoms with van der Waals surface area (Å²) >= 11 is 0. The molecule has 2 amide bonds. The number of rotatable bonds is 12. The van der Waals surface area contributed by atoms with Crippen molar-refractivity contribution in [1.29, 1.82) is 0 Å². The number of carbonyl (C=O) groups excluding carboxylic acids is 2. The van der Waals surface area contributed by atoms with Crippen LogP contribution in [0.5, 0.6) is 23.0 Å². The number of carboxylic acids is 1. The van der Waals surface area contributed by atoms with Crippen LogP contribution < -0.4 is 31.6 Å². The number of amides is 2. The Bertz CT molecular complexity index is 1510. The van der Waals surface area contributed by atoms with Crippen LogP contribution >= 0.6 is 0 Å². The van der Waals surface area contributed by atoms with E-state index in [1.54, 1.807) is 60.7 Å². The van der Waals surface area contributed by atoms with Crippen LogP contribution in [0.15, 0.2) is 108 Å². The lowest BCUT2D eigenvalue weighted by Crippen LogP contribution is -2.39. The molecule has 4 aromatic rings. The summed E-state index contributed by atoms with van der Waals surface area (Å²) in [5.41, 5.74) is 11.8. The van der Waals surface area contributed by atoms with Crippen LogP contribution in [-0.2, 0) is 9.59 Å². The minimum Gasteiger partial charge on any atom is -0.481 e. The van der Waals surface area contributed by atoms with Gasteiger partial charge in [-0.3, -0.25) is 14.4 Å². The van der Waals surface area contributed by atoms with Gasteiger partial charge < -0.3 is 36.7 Å². The SMILES string of the molecule is NC(N)=Nc1cccc(C(=O)NCC(=O)NC(CC(=O)O)c2cc(Oc3ccccc3)cc(Oc3ccccc3)c2)c1. The molecule has 11 heteroatoms. The van der Waals surface area contributed by atoms with Crippen molar-refractivity contribution in [2.45, 2.75) is 12.5 Å². The molecule has 4 aromatic carbocycles. The molecule has 0 aromatic heterocycles. The summed E-state index contributed by atoms with van der Waals surface area (Å²) in [6.07, 6.45) is -0.431. The molecule has 4 rings (SSSR count). The van der Waals surface area contributed by atoms with E-state index in [4.69, 9.17) is 20.9 Å². The highest BCUT2D eigenvalue weighted by Gasteiger charge is 2.21. The number of ether oxygens (including phenoxy) is 2. The van der Waals surface area contributed by atoms with Gasteiger partial charge in [-0.25, -0.2) is 4.99 Å². The van der Waals surface area contributed by atoms with Crippen LogP contribution in [0, 0.1) is 0 Å². The van der Waals surface area contributed by atoms with Crippen molar-refractivity contribution < 1.29 is 29.0 Å². The zero-order chi connectivity index (χ0) is 29.9. The van der Waals surface area contributed by atoms with Gasteiger partial charge in [-0.2, -0.15) is 0 Å². The van der Waals surface area contributed by atoms with E-state index in [1.165, 1.54) is 6.07 Å². The Labute approximate surface area is 241 Å². The fraction of sp³-hybridized carbons (Fsp3) is 0.0968. The predicted octanol–water partition coefficient (Wildman–Crippen LogP) is 4.24. The number of guanidine groups is 1. The summed E-state index contributed by atoms with van der Waals surface area (Å²) in [6, 6.07) is 28.3. The molecular weight excluding hydrogens is 538 g/mol. The molecule has 0 saturated carbocycles. The number of hydrogen-bond acceptors (Lipinski definition) is 6. The van der Waals surface area contributed by atoms with E-state index in [-0.39, 0.29) is 11.5 Å². The van der Waals surface area contributed by atoms with Crippen LogP contribution in [0.2, 0.25) is 0 Å². The minimum absolute atomic E-state index is 0.160. The second kappa shape index (κ2) is 14.0. The maximum atomic E-state index is 12.9. The lowest BCUT2D eigenvalue weighted by Gasteiger charge is -2.20. The second-order valence-electron chi connectivity index (χ2n) is 9.06. The monoisotopic (exact) mass is 567 g/mol. The van der Waals surface area contributed by atoms with Gasteiger partial charge in [-0.1, -0.05) is 42.5 Å². The maximum Gasteiger partial charge on any atom is 0.305 e. The van der Waals surface area contributed by atoms with Crippen molar-refractivity contribution >= 4 is 29.4 Å². The van der Waals surface area contributed by atoms with Crippen molar-refractivity contribution in [3.8, 4) is 23.0 Å². The molecule has 7 N–H and O–H groups in total. The molecule has 0 radical (unpaired) electrons. The lowest BCUT2D eigenvalue weighted by atomic mass is 10.0. The highest BCUT2D eigenvalue weighted by molar-refractivity contribution is 5.97. The molecule has 1 atom stereocenters. The third kappa shape index (κ3) is 8.85. The summed E-state index contributed by atoms with van der Waals surface area (Å²) in [5, 5.41) is 14.8. The molecule has 214 valence electrons. The van der Waals surface area contributed by atoms with Gasteiger partial charge in [0.1, 0.15) is 23.0 Å². The first-order chi connectivity index (χ1) is 20.2. The third-order valence-corrected chi connectivity index (χ3v) is 5.75. The maximum absolute atomic E-state index is 12.9. The number of nitrogens with zero attached hydrogens (tertiary/aromatic N) is 1. The van der Waals surface area contributed by atoms with E-state index >= 15 is 0 Å². The molecule has 0 aliphatic carbocycles. The summed E-state index contributed by atoms with van der Waals surface area (Å²) in [5.74, 6) is -0.560. The Morgan fingerprint density at radius 3 is 1.90 bits per heavy atom. The minimum atomic E-state index is -1.14. The van der Waals surface area contributed by atoms with Crippen molar-refractivity contribution in [1.82, 2.24) is 10.6 Å². The zero-order valence-corrected chi connectivity index (χ0v) is 22.4. The molecule has 42 heavy (non-hydrogen) atoms. The van der Waals surface area contributed by atoms with E-state index in [0.717, 1.165) is 0 Å². The van der Waals surface area contributed by atoms with E-state index < -0.39 is 36.8 Å². The fourth-order valence-corrected chi connectivity index (χ4v) is 3.96. The molecule has 0 aliphatic heterocycles. The first-order valence-corrected chi connectivity index (χ1v) is 12.8. The number of carboxylic acid groups (broad SMARTS) is 1. The number of para-hydroxylation sites is 2. The van der Waals surface area contributed by atoms with Gasteiger partial charge >= 0.3 is 5.97 Å². The molecule has 0 aliphatic rings. The average molecular weight is 568 g/mol. The topological polar surface area (TPSA) is 178 Å². The van der Waals surface area contributed by atoms with Crippen molar-refractivity contribution in [2.24, 2.45) is 16.5 Å². The number of nitrogens with one attached hydrogen (secondary N) is 2. The van der Waals surface area contributed by atoms with E-state index in [2.05, 4.69) is 15.6 Å². The van der Waals surface area contributed by atoms with Gasteiger partial charge in [0.15, 0.2) is 5.96 Å². The van der Waals surface area contributed by atoms with E-state index in [9.17, 15) is 19.5 Å². The van der Waals surface area contributed by atoms with Crippen LogP contribution in [-0.4, -0.2) is 35.4 Å². The van der Waals surface area contributed by atoms with E-state index in [1.807, 2.05) is 36.4 Å². The Hall–Kier alpha value is -5.84. The number of aliphatic carboxylic acids is 1. The Balaban J connectivity index is 1.53. The molecule has 0 bridgehead atoms. The van der Waals surface area contributed by atoms with Crippen LogP contribution in [0.3, 0.4) is 0 Å². The molecule has 0 fully saturated rings. The number of carbonyl (C=O) groups is 3. The van der Waals surface area contributed by atoms with Gasteiger partial charge in [-0.05, 0) is 60.2 Å². The Morgan fingerprint density at radius 1 is 0.762 bits per heavy atom. The lowest BCUT2D eigenvalue weighted by molar-refractivity contribution is -0.137. The first-order valence-electron chi connectivity index (χ1n) is 12.8. The molecule has 11 nitrogen and oxygen atoms in total. The largest absolute Gasteiger partial charge is 0.481 e. The highest BCUT2D eigenvalue weighted by atomic mass is 16.5. The van der Waals surface area contributed by atoms with Crippen molar-refractivity contribution in [3.63, 3.8) is 0 Å². The highest BCUT2D eigenvalue weighted by Crippen LogP contribution is 2.33. The van der Waals surface area contributed by atoms with Crippen LogP contribution in [0.1, 0.15) is 28.4 Å². The second-order valence-corrected chi connectivity index (χ2v) is 9.06. The smallest absolute Gasteiger partial charge is 0.305 e. The molecule has 1 unspecified atom stereocenters. The Morgan fingerprint density at radius 2 is 1.36 bits per heavy atom. The third-order valence-electron chi connectivity index (χ3n) is 5.75. The molecule has 0 spiro atoms. The van der Waals surface area contributed by atoms with Crippen molar-refractivity contribution in [2.75, 3.05) is 6.54 Å². The average Bonchev–Trinajstić information content (AvgIpc) is 2.96. The summed E-state index contributed by atoms with van der Waals surface area (Å²) < 4.78 is 12.0. The number of benzene rings is 4. The normalized spacial score (nSPS) is 11.0. The standard InChI is InChI=1S/C31H29N5O6/c32-31(33)35-22-9-7-8-20(14-22)30(40)34-19-28(37)36-27(18-29(38)39)21-15-25(41-23-10-3-1-4-11-23)17-26(16-21)42-24-12-5-2-6-13-24/h1-17,27H,18-19H2,(H,34,40)(H,36,37)(H,38,39)(H4,32,33,35). The van der Waals surface area contributed by atoms with E-state index in [0.29, 0.717) is 34.2 Å². The number of aliphatic imine (C=N–C) groups is 1. The number of hydrogen-bond donors (Lipinski definition) is 5. The fourth-order valence-electron chi connectivity index (χ4n) is 3.96. The summed E-state index contributed by atoms with van der Waals surface area (Å²) in [6.45, 7) is -0.408.